The minimum absolute atomic E-state index is 0.0675. The predicted molar refractivity (Wildman–Crippen MR) is 79.1 cm³/mol. The van der Waals surface area contributed by atoms with E-state index in [1.165, 1.54) is 23.5 Å². The number of thiophene rings is 1. The highest BCUT2D eigenvalue weighted by Gasteiger charge is 2.10. The van der Waals surface area contributed by atoms with Gasteiger partial charge in [0.25, 0.3) is 5.91 Å². The molecule has 5 nitrogen and oxygen atoms in total. The number of carbonyl (C=O) groups is 1. The Morgan fingerprint density at radius 3 is 2.76 bits per heavy atom. The van der Waals surface area contributed by atoms with Gasteiger partial charge in [-0.1, -0.05) is 17.3 Å². The molecule has 7 heteroatoms. The van der Waals surface area contributed by atoms with Crippen molar-refractivity contribution >= 4 is 23.1 Å². The molecule has 0 unspecified atom stereocenters. The fourth-order valence-electron chi connectivity index (χ4n) is 1.73. The summed E-state index contributed by atoms with van der Waals surface area (Å²) in [6, 6.07) is 7.75. The summed E-state index contributed by atoms with van der Waals surface area (Å²) < 4.78 is 13.9. The largest absolute Gasteiger partial charge is 0.409 e. The third kappa shape index (κ3) is 3.57. The maximum absolute atomic E-state index is 13.9. The Bertz CT molecular complexity index is 697. The van der Waals surface area contributed by atoms with Crippen molar-refractivity contribution in [2.24, 2.45) is 10.9 Å². The highest BCUT2D eigenvalue weighted by molar-refractivity contribution is 7.13. The van der Waals surface area contributed by atoms with Crippen LogP contribution < -0.4 is 11.1 Å². The van der Waals surface area contributed by atoms with Crippen LogP contribution in [0.2, 0.25) is 0 Å². The highest BCUT2D eigenvalue weighted by Crippen LogP contribution is 2.15. The lowest BCUT2D eigenvalue weighted by Gasteiger charge is -2.07. The molecule has 1 amide bonds. The van der Waals surface area contributed by atoms with E-state index in [0.717, 1.165) is 10.9 Å². The van der Waals surface area contributed by atoms with Gasteiger partial charge < -0.3 is 16.3 Å². The second-order valence-corrected chi connectivity index (χ2v) is 5.67. The number of rotatable bonds is 4. The van der Waals surface area contributed by atoms with Crippen LogP contribution in [0.5, 0.6) is 0 Å². The van der Waals surface area contributed by atoms with Crippen LogP contribution in [0, 0.1) is 12.7 Å². The van der Waals surface area contributed by atoms with Crippen molar-refractivity contribution < 1.29 is 14.4 Å². The lowest BCUT2D eigenvalue weighted by Crippen LogP contribution is -2.22. The standard InChI is InChI=1S/C14H14FN3O2S/c1-8-2-5-12(21-8)14(19)17-7-10-4-3-9(6-11(10)15)13(16)18-20/h2-6,20H,7H2,1H3,(H2,16,18)(H,17,19). The number of benzene rings is 1. The molecular formula is C14H14FN3O2S. The van der Waals surface area contributed by atoms with Crippen molar-refractivity contribution in [2.45, 2.75) is 13.5 Å². The van der Waals surface area contributed by atoms with Crippen LogP contribution in [-0.4, -0.2) is 17.0 Å². The zero-order chi connectivity index (χ0) is 15.4. The van der Waals surface area contributed by atoms with Gasteiger partial charge in [-0.3, -0.25) is 4.79 Å². The molecule has 0 bridgehead atoms. The van der Waals surface area contributed by atoms with Gasteiger partial charge in [0.1, 0.15) is 5.82 Å². The van der Waals surface area contributed by atoms with E-state index in [1.54, 1.807) is 6.07 Å². The predicted octanol–water partition coefficient (Wildman–Crippen LogP) is 2.22. The van der Waals surface area contributed by atoms with Crippen LogP contribution in [0.25, 0.3) is 0 Å². The number of amides is 1. The molecule has 1 aromatic heterocycles. The van der Waals surface area contributed by atoms with Crippen molar-refractivity contribution in [1.82, 2.24) is 5.32 Å². The first-order valence-corrected chi connectivity index (χ1v) is 6.94. The molecule has 0 radical (unpaired) electrons. The summed E-state index contributed by atoms with van der Waals surface area (Å²) in [6.07, 6.45) is 0. The molecule has 0 saturated carbocycles. The van der Waals surface area contributed by atoms with Gasteiger partial charge in [0.15, 0.2) is 5.84 Å². The fraction of sp³-hybridized carbons (Fsp3) is 0.143. The van der Waals surface area contributed by atoms with Crippen LogP contribution in [0.3, 0.4) is 0 Å². The van der Waals surface area contributed by atoms with Crippen LogP contribution in [-0.2, 0) is 6.54 Å². The van der Waals surface area contributed by atoms with E-state index in [4.69, 9.17) is 10.9 Å². The summed E-state index contributed by atoms with van der Waals surface area (Å²) in [5, 5.41) is 14.0. The van der Waals surface area contributed by atoms with Crippen molar-refractivity contribution in [1.29, 1.82) is 0 Å². The van der Waals surface area contributed by atoms with Gasteiger partial charge in [-0.2, -0.15) is 0 Å². The Hall–Kier alpha value is -2.41. The topological polar surface area (TPSA) is 87.7 Å². The molecular weight excluding hydrogens is 293 g/mol. The molecule has 0 saturated heterocycles. The first-order valence-electron chi connectivity index (χ1n) is 6.12. The lowest BCUT2D eigenvalue weighted by atomic mass is 10.1. The minimum Gasteiger partial charge on any atom is -0.409 e. The zero-order valence-corrected chi connectivity index (χ0v) is 12.1. The van der Waals surface area contributed by atoms with Crippen molar-refractivity contribution in [3.63, 3.8) is 0 Å². The Balaban J connectivity index is 2.05. The molecule has 0 atom stereocenters. The number of hydrogen-bond donors (Lipinski definition) is 3. The van der Waals surface area contributed by atoms with Gasteiger partial charge in [-0.15, -0.1) is 11.3 Å². The summed E-state index contributed by atoms with van der Waals surface area (Å²) in [7, 11) is 0. The van der Waals surface area contributed by atoms with Gasteiger partial charge in [-0.25, -0.2) is 4.39 Å². The van der Waals surface area contributed by atoms with Crippen LogP contribution in [0.4, 0.5) is 4.39 Å². The quantitative estimate of drug-likeness (QED) is 0.350. The van der Waals surface area contributed by atoms with Gasteiger partial charge in [0, 0.05) is 22.5 Å². The second kappa shape index (κ2) is 6.36. The first kappa shape index (κ1) is 15.0. The molecule has 0 spiro atoms. The van der Waals surface area contributed by atoms with E-state index in [9.17, 15) is 9.18 Å². The number of carbonyl (C=O) groups excluding carboxylic acids is 1. The highest BCUT2D eigenvalue weighted by atomic mass is 32.1. The number of oxime groups is 1. The minimum atomic E-state index is -0.526. The van der Waals surface area contributed by atoms with E-state index in [1.807, 2.05) is 13.0 Å². The van der Waals surface area contributed by atoms with Gasteiger partial charge >= 0.3 is 0 Å². The van der Waals surface area contributed by atoms with Crippen molar-refractivity contribution in [2.75, 3.05) is 0 Å². The molecule has 0 fully saturated rings. The number of aryl methyl sites for hydroxylation is 1. The van der Waals surface area contributed by atoms with E-state index in [2.05, 4.69) is 10.5 Å². The summed E-state index contributed by atoms with van der Waals surface area (Å²) >= 11 is 1.38. The van der Waals surface area contributed by atoms with Crippen molar-refractivity contribution in [3.8, 4) is 0 Å². The smallest absolute Gasteiger partial charge is 0.261 e. The molecule has 2 aromatic rings. The molecule has 110 valence electrons. The molecule has 1 aromatic carbocycles. The summed E-state index contributed by atoms with van der Waals surface area (Å²) in [5.41, 5.74) is 5.98. The number of amidine groups is 1. The molecule has 21 heavy (non-hydrogen) atoms. The third-order valence-corrected chi connectivity index (χ3v) is 3.86. The Kier molecular flexibility index (Phi) is 4.54. The van der Waals surface area contributed by atoms with Crippen molar-refractivity contribution in [3.05, 3.63) is 57.0 Å². The van der Waals surface area contributed by atoms with Crippen LogP contribution in [0.15, 0.2) is 35.5 Å². The third-order valence-electron chi connectivity index (χ3n) is 2.86. The van der Waals surface area contributed by atoms with E-state index >= 15 is 0 Å². The fourth-order valence-corrected chi connectivity index (χ4v) is 2.51. The number of nitrogens with zero attached hydrogens (tertiary/aromatic N) is 1. The normalized spacial score (nSPS) is 11.4. The maximum Gasteiger partial charge on any atom is 0.261 e. The van der Waals surface area contributed by atoms with E-state index < -0.39 is 5.82 Å². The number of hydrogen-bond acceptors (Lipinski definition) is 4. The lowest BCUT2D eigenvalue weighted by molar-refractivity contribution is 0.0954. The summed E-state index contributed by atoms with van der Waals surface area (Å²) in [6.45, 7) is 1.98. The average molecular weight is 307 g/mol. The van der Waals surface area contributed by atoms with Gasteiger partial charge in [0.05, 0.1) is 4.88 Å². The van der Waals surface area contributed by atoms with E-state index in [-0.39, 0.29) is 23.9 Å². The summed E-state index contributed by atoms with van der Waals surface area (Å²) in [4.78, 5) is 13.5. The zero-order valence-electron chi connectivity index (χ0n) is 11.3. The number of halogens is 1. The molecule has 0 aliphatic rings. The molecule has 4 N–H and O–H groups in total. The first-order chi connectivity index (χ1) is 10.0. The molecule has 0 aliphatic heterocycles. The van der Waals surface area contributed by atoms with E-state index in [0.29, 0.717) is 10.4 Å². The van der Waals surface area contributed by atoms with Gasteiger partial charge in [-0.05, 0) is 25.1 Å². The van der Waals surface area contributed by atoms with Gasteiger partial charge in [0.2, 0.25) is 0 Å². The molecule has 0 aliphatic carbocycles. The Labute approximate surface area is 124 Å². The monoisotopic (exact) mass is 307 g/mol. The Morgan fingerprint density at radius 2 is 2.19 bits per heavy atom. The molecule has 2 rings (SSSR count). The van der Waals surface area contributed by atoms with Crippen LogP contribution in [0.1, 0.15) is 25.7 Å². The Morgan fingerprint density at radius 1 is 1.43 bits per heavy atom. The average Bonchev–Trinajstić information content (AvgIpc) is 2.91. The number of nitrogens with two attached hydrogens (primary N) is 1. The van der Waals surface area contributed by atoms with Crippen LogP contribution >= 0.6 is 11.3 Å². The number of nitrogens with one attached hydrogen (secondary N) is 1. The summed E-state index contributed by atoms with van der Waals surface area (Å²) in [5.74, 6) is -0.937. The maximum atomic E-state index is 13.9. The SMILES string of the molecule is Cc1ccc(C(=O)NCc2ccc(C(N)=NO)cc2F)s1. The molecule has 1 heterocycles. The second-order valence-electron chi connectivity index (χ2n) is 4.38.